The molecular formula is C11H9N3O3. The predicted molar refractivity (Wildman–Crippen MR) is 59.8 cm³/mol. The Hall–Kier alpha value is -2.37. The van der Waals surface area contributed by atoms with Gasteiger partial charge in [-0.05, 0) is 6.07 Å². The van der Waals surface area contributed by atoms with E-state index in [1.54, 1.807) is 24.7 Å². The lowest BCUT2D eigenvalue weighted by atomic mass is 10.1. The lowest BCUT2D eigenvalue weighted by molar-refractivity contribution is -0.385. The summed E-state index contributed by atoms with van der Waals surface area (Å²) in [5.74, 6) is 0.330. The number of benzene rings is 1. The van der Waals surface area contributed by atoms with E-state index in [1.807, 2.05) is 4.57 Å². The summed E-state index contributed by atoms with van der Waals surface area (Å²) < 4.78 is 7.42. The molecule has 0 bridgehead atoms. The highest BCUT2D eigenvalue weighted by atomic mass is 16.6. The number of hydrogen-bond donors (Lipinski definition) is 0. The molecule has 17 heavy (non-hydrogen) atoms. The largest absolute Gasteiger partial charge is 0.484 e. The van der Waals surface area contributed by atoms with Gasteiger partial charge in [-0.15, -0.1) is 0 Å². The molecule has 0 amide bonds. The first kappa shape index (κ1) is 9.83. The highest BCUT2D eigenvalue weighted by Crippen LogP contribution is 2.38. The molecule has 6 nitrogen and oxygen atoms in total. The standard InChI is InChI=1S/C11H9N3O3/c15-14(16)9-3-1-2-8-10-6-12-7-13(10)4-5-17-11(8)9/h1-3,6-7H,4-5H2. The van der Waals surface area contributed by atoms with E-state index in [9.17, 15) is 10.1 Å². The number of hydrogen-bond acceptors (Lipinski definition) is 4. The van der Waals surface area contributed by atoms with Gasteiger partial charge in [-0.2, -0.15) is 0 Å². The fraction of sp³-hybridized carbons (Fsp3) is 0.182. The van der Waals surface area contributed by atoms with Crippen LogP contribution in [0.5, 0.6) is 5.75 Å². The fourth-order valence-corrected chi connectivity index (χ4v) is 1.99. The minimum absolute atomic E-state index is 0.00264. The summed E-state index contributed by atoms with van der Waals surface area (Å²) in [5, 5.41) is 10.9. The van der Waals surface area contributed by atoms with E-state index in [0.29, 0.717) is 24.5 Å². The van der Waals surface area contributed by atoms with E-state index >= 15 is 0 Å². The van der Waals surface area contributed by atoms with Gasteiger partial charge in [0.2, 0.25) is 5.75 Å². The highest BCUT2D eigenvalue weighted by Gasteiger charge is 2.23. The topological polar surface area (TPSA) is 70.2 Å². The van der Waals surface area contributed by atoms with E-state index in [4.69, 9.17) is 4.74 Å². The van der Waals surface area contributed by atoms with Crippen LogP contribution in [0.3, 0.4) is 0 Å². The van der Waals surface area contributed by atoms with Gasteiger partial charge in [0.1, 0.15) is 6.61 Å². The van der Waals surface area contributed by atoms with Crippen molar-refractivity contribution in [1.82, 2.24) is 9.55 Å². The van der Waals surface area contributed by atoms with Crippen molar-refractivity contribution in [2.45, 2.75) is 6.54 Å². The van der Waals surface area contributed by atoms with Crippen molar-refractivity contribution in [2.75, 3.05) is 6.61 Å². The summed E-state index contributed by atoms with van der Waals surface area (Å²) in [5.41, 5.74) is 1.56. The van der Waals surface area contributed by atoms with E-state index in [2.05, 4.69) is 4.98 Å². The Morgan fingerprint density at radius 3 is 3.18 bits per heavy atom. The third-order valence-electron chi connectivity index (χ3n) is 2.76. The van der Waals surface area contributed by atoms with E-state index in [0.717, 1.165) is 5.69 Å². The maximum atomic E-state index is 10.9. The number of para-hydroxylation sites is 1. The number of fused-ring (bicyclic) bond motifs is 3. The van der Waals surface area contributed by atoms with Gasteiger partial charge in [-0.1, -0.05) is 6.07 Å². The van der Waals surface area contributed by atoms with Gasteiger partial charge in [0, 0.05) is 11.6 Å². The van der Waals surface area contributed by atoms with E-state index < -0.39 is 4.92 Å². The molecule has 1 aromatic heterocycles. The first-order valence-corrected chi connectivity index (χ1v) is 5.18. The van der Waals surface area contributed by atoms with Crippen molar-refractivity contribution in [3.63, 3.8) is 0 Å². The normalized spacial score (nSPS) is 13.2. The lowest BCUT2D eigenvalue weighted by Crippen LogP contribution is -2.04. The van der Waals surface area contributed by atoms with Crippen LogP contribution in [0, 0.1) is 10.1 Å². The molecule has 2 heterocycles. The van der Waals surface area contributed by atoms with Crippen LogP contribution in [-0.2, 0) is 6.54 Å². The van der Waals surface area contributed by atoms with Gasteiger partial charge in [-0.3, -0.25) is 10.1 Å². The van der Waals surface area contributed by atoms with Gasteiger partial charge >= 0.3 is 5.69 Å². The monoisotopic (exact) mass is 231 g/mol. The zero-order valence-corrected chi connectivity index (χ0v) is 8.87. The maximum Gasteiger partial charge on any atom is 0.311 e. The van der Waals surface area contributed by atoms with Crippen molar-refractivity contribution in [3.05, 3.63) is 40.8 Å². The highest BCUT2D eigenvalue weighted by molar-refractivity contribution is 5.73. The minimum Gasteiger partial charge on any atom is -0.484 e. The van der Waals surface area contributed by atoms with Crippen molar-refractivity contribution in [2.24, 2.45) is 0 Å². The van der Waals surface area contributed by atoms with Gasteiger partial charge in [0.15, 0.2) is 0 Å². The fourth-order valence-electron chi connectivity index (χ4n) is 1.99. The number of nitrogens with zero attached hydrogens (tertiary/aromatic N) is 3. The molecule has 2 aromatic rings. The minimum atomic E-state index is -0.426. The second-order valence-corrected chi connectivity index (χ2v) is 3.73. The molecule has 0 saturated heterocycles. The van der Waals surface area contributed by atoms with Crippen molar-refractivity contribution >= 4 is 5.69 Å². The number of rotatable bonds is 1. The van der Waals surface area contributed by atoms with Gasteiger partial charge in [0.05, 0.1) is 29.7 Å². The number of imidazole rings is 1. The molecule has 6 heteroatoms. The molecule has 0 N–H and O–H groups in total. The number of ether oxygens (including phenoxy) is 1. The third kappa shape index (κ3) is 1.45. The average Bonchev–Trinajstić information content (AvgIpc) is 2.70. The van der Waals surface area contributed by atoms with E-state index in [-0.39, 0.29) is 5.69 Å². The number of aromatic nitrogens is 2. The van der Waals surface area contributed by atoms with Gasteiger partial charge in [0.25, 0.3) is 0 Å². The molecule has 1 aromatic carbocycles. The molecule has 0 radical (unpaired) electrons. The van der Waals surface area contributed by atoms with Crippen LogP contribution in [0.4, 0.5) is 5.69 Å². The Morgan fingerprint density at radius 2 is 2.35 bits per heavy atom. The summed E-state index contributed by atoms with van der Waals surface area (Å²) in [7, 11) is 0. The molecule has 0 aliphatic carbocycles. The Morgan fingerprint density at radius 1 is 1.47 bits per heavy atom. The second kappa shape index (κ2) is 3.58. The van der Waals surface area contributed by atoms with E-state index in [1.165, 1.54) is 6.07 Å². The lowest BCUT2D eigenvalue weighted by Gasteiger charge is -2.06. The molecule has 0 fully saturated rings. The average molecular weight is 231 g/mol. The van der Waals surface area contributed by atoms with Crippen LogP contribution >= 0.6 is 0 Å². The summed E-state index contributed by atoms with van der Waals surface area (Å²) in [6, 6.07) is 4.91. The Balaban J connectivity index is 2.27. The maximum absolute atomic E-state index is 10.9. The smallest absolute Gasteiger partial charge is 0.311 e. The SMILES string of the molecule is O=[N+]([O-])c1cccc2c1OCCn1cncc1-2. The molecular weight excluding hydrogens is 222 g/mol. The molecule has 1 aliphatic rings. The van der Waals surface area contributed by atoms with Gasteiger partial charge in [-0.25, -0.2) is 4.98 Å². The molecule has 86 valence electrons. The number of nitro groups is 1. The molecule has 0 unspecified atom stereocenters. The Labute approximate surface area is 96.6 Å². The zero-order chi connectivity index (χ0) is 11.8. The second-order valence-electron chi connectivity index (χ2n) is 3.73. The summed E-state index contributed by atoms with van der Waals surface area (Å²) in [6.45, 7) is 1.04. The van der Waals surface area contributed by atoms with Crippen molar-refractivity contribution < 1.29 is 9.66 Å². The first-order valence-electron chi connectivity index (χ1n) is 5.18. The molecule has 0 saturated carbocycles. The first-order chi connectivity index (χ1) is 8.27. The van der Waals surface area contributed by atoms with Crippen molar-refractivity contribution in [1.29, 1.82) is 0 Å². The van der Waals surface area contributed by atoms with Crippen LogP contribution in [-0.4, -0.2) is 21.1 Å². The predicted octanol–water partition coefficient (Wildman–Crippen LogP) is 1.85. The Bertz CT molecular complexity index is 591. The zero-order valence-electron chi connectivity index (χ0n) is 8.87. The quantitative estimate of drug-likeness (QED) is 0.554. The third-order valence-corrected chi connectivity index (χ3v) is 2.76. The summed E-state index contributed by atoms with van der Waals surface area (Å²) in [6.07, 6.45) is 3.39. The molecule has 3 rings (SSSR count). The van der Waals surface area contributed by atoms with Crippen LogP contribution in [0.2, 0.25) is 0 Å². The van der Waals surface area contributed by atoms with Gasteiger partial charge < -0.3 is 9.30 Å². The van der Waals surface area contributed by atoms with Crippen LogP contribution < -0.4 is 4.74 Å². The number of nitro benzene ring substituents is 1. The van der Waals surface area contributed by atoms with Crippen LogP contribution in [0.1, 0.15) is 0 Å². The summed E-state index contributed by atoms with van der Waals surface area (Å²) >= 11 is 0. The Kier molecular flexibility index (Phi) is 2.07. The summed E-state index contributed by atoms with van der Waals surface area (Å²) in [4.78, 5) is 14.6. The van der Waals surface area contributed by atoms with Crippen molar-refractivity contribution in [3.8, 4) is 17.0 Å². The van der Waals surface area contributed by atoms with Crippen LogP contribution in [0.25, 0.3) is 11.3 Å². The van der Waals surface area contributed by atoms with Crippen LogP contribution in [0.15, 0.2) is 30.7 Å². The molecule has 0 atom stereocenters. The molecule has 0 spiro atoms. The molecule has 1 aliphatic heterocycles.